The highest BCUT2D eigenvalue weighted by atomic mass is 35.5. The van der Waals surface area contributed by atoms with Crippen molar-refractivity contribution < 1.29 is 0 Å². The molecule has 0 bridgehead atoms. The van der Waals surface area contributed by atoms with Crippen LogP contribution in [-0.2, 0) is 6.42 Å². The lowest BCUT2D eigenvalue weighted by molar-refractivity contribution is 0.118. The zero-order chi connectivity index (χ0) is 12.3. The first-order valence-electron chi connectivity index (χ1n) is 6.32. The molecule has 1 aromatic carbocycles. The highest BCUT2D eigenvalue weighted by Gasteiger charge is 2.18. The van der Waals surface area contributed by atoms with Crippen LogP contribution in [-0.4, -0.2) is 49.1 Å². The molecular weight excluding hydrogens is 232 g/mol. The molecule has 1 heterocycles. The van der Waals surface area contributed by atoms with Crippen LogP contribution >= 0.6 is 11.6 Å². The zero-order valence-corrected chi connectivity index (χ0v) is 11.5. The average Bonchev–Trinajstić information content (AvgIpc) is 2.33. The van der Waals surface area contributed by atoms with E-state index in [9.17, 15) is 0 Å². The molecule has 17 heavy (non-hydrogen) atoms. The highest BCUT2D eigenvalue weighted by Crippen LogP contribution is 2.14. The van der Waals surface area contributed by atoms with Gasteiger partial charge in [0.05, 0.1) is 0 Å². The van der Waals surface area contributed by atoms with Crippen LogP contribution in [0.1, 0.15) is 12.5 Å². The van der Waals surface area contributed by atoms with E-state index in [4.69, 9.17) is 11.6 Å². The number of halogens is 1. The van der Waals surface area contributed by atoms with Crippen molar-refractivity contribution in [3.8, 4) is 0 Å². The predicted molar refractivity (Wildman–Crippen MR) is 73.7 cm³/mol. The van der Waals surface area contributed by atoms with Crippen LogP contribution in [0.15, 0.2) is 24.3 Å². The summed E-state index contributed by atoms with van der Waals surface area (Å²) < 4.78 is 0. The van der Waals surface area contributed by atoms with Gasteiger partial charge in [-0.15, -0.1) is 0 Å². The SMILES string of the molecule is CC(Cc1ccc(Cl)cc1)N1CCN(C)CC1. The van der Waals surface area contributed by atoms with Crippen LogP contribution < -0.4 is 0 Å². The fraction of sp³-hybridized carbons (Fsp3) is 0.571. The largest absolute Gasteiger partial charge is 0.304 e. The van der Waals surface area contributed by atoms with Gasteiger partial charge in [-0.05, 0) is 38.1 Å². The average molecular weight is 253 g/mol. The maximum atomic E-state index is 5.90. The van der Waals surface area contributed by atoms with E-state index in [2.05, 4.69) is 35.9 Å². The first-order chi connectivity index (χ1) is 8.15. The summed E-state index contributed by atoms with van der Waals surface area (Å²) in [4.78, 5) is 4.97. The van der Waals surface area contributed by atoms with Crippen LogP contribution in [0.3, 0.4) is 0 Å². The van der Waals surface area contributed by atoms with Gasteiger partial charge in [0.25, 0.3) is 0 Å². The van der Waals surface area contributed by atoms with Crippen LogP contribution in [0.4, 0.5) is 0 Å². The quantitative estimate of drug-likeness (QED) is 0.816. The van der Waals surface area contributed by atoms with E-state index in [0.717, 1.165) is 11.4 Å². The summed E-state index contributed by atoms with van der Waals surface area (Å²) in [5.41, 5.74) is 1.38. The van der Waals surface area contributed by atoms with E-state index in [1.807, 2.05) is 12.1 Å². The van der Waals surface area contributed by atoms with E-state index in [1.165, 1.54) is 31.7 Å². The second kappa shape index (κ2) is 5.85. The molecule has 94 valence electrons. The van der Waals surface area contributed by atoms with Gasteiger partial charge in [-0.1, -0.05) is 23.7 Å². The lowest BCUT2D eigenvalue weighted by atomic mass is 10.1. The van der Waals surface area contributed by atoms with Gasteiger partial charge in [-0.2, -0.15) is 0 Å². The molecule has 3 heteroatoms. The van der Waals surface area contributed by atoms with Crippen LogP contribution in [0, 0.1) is 0 Å². The van der Waals surface area contributed by atoms with Crippen LogP contribution in [0.25, 0.3) is 0 Å². The molecular formula is C14H21ClN2. The highest BCUT2D eigenvalue weighted by molar-refractivity contribution is 6.30. The molecule has 0 saturated carbocycles. The summed E-state index contributed by atoms with van der Waals surface area (Å²) in [6, 6.07) is 8.84. The first-order valence-corrected chi connectivity index (χ1v) is 6.70. The molecule has 0 amide bonds. The lowest BCUT2D eigenvalue weighted by Gasteiger charge is -2.36. The van der Waals surface area contributed by atoms with Crippen LogP contribution in [0.5, 0.6) is 0 Å². The molecule has 1 unspecified atom stereocenters. The number of benzene rings is 1. The topological polar surface area (TPSA) is 6.48 Å². The molecule has 0 N–H and O–H groups in total. The number of likely N-dealkylation sites (N-methyl/N-ethyl adjacent to an activating group) is 1. The summed E-state index contributed by atoms with van der Waals surface area (Å²) in [6.45, 7) is 7.06. The number of piperazine rings is 1. The molecule has 1 saturated heterocycles. The van der Waals surface area contributed by atoms with Crippen molar-refractivity contribution in [3.63, 3.8) is 0 Å². The molecule has 0 spiro atoms. The summed E-state index contributed by atoms with van der Waals surface area (Å²) >= 11 is 5.90. The summed E-state index contributed by atoms with van der Waals surface area (Å²) in [5, 5.41) is 0.820. The van der Waals surface area contributed by atoms with Crippen LogP contribution in [0.2, 0.25) is 5.02 Å². The predicted octanol–water partition coefficient (Wildman–Crippen LogP) is 2.52. The van der Waals surface area contributed by atoms with Crippen molar-refractivity contribution in [1.82, 2.24) is 9.80 Å². The normalized spacial score (nSPS) is 20.4. The van der Waals surface area contributed by atoms with Crippen molar-refractivity contribution in [3.05, 3.63) is 34.9 Å². The Morgan fingerprint density at radius 2 is 1.71 bits per heavy atom. The molecule has 0 aliphatic carbocycles. The van der Waals surface area contributed by atoms with Gasteiger partial charge in [0, 0.05) is 37.2 Å². The van der Waals surface area contributed by atoms with Crippen molar-refractivity contribution in [2.24, 2.45) is 0 Å². The minimum absolute atomic E-state index is 0.616. The minimum atomic E-state index is 0.616. The Labute approximate surface area is 109 Å². The second-order valence-corrected chi connectivity index (χ2v) is 5.46. The molecule has 1 atom stereocenters. The Kier molecular flexibility index (Phi) is 4.43. The number of rotatable bonds is 3. The van der Waals surface area contributed by atoms with Gasteiger partial charge in [0.15, 0.2) is 0 Å². The molecule has 2 nitrogen and oxygen atoms in total. The number of hydrogen-bond donors (Lipinski definition) is 0. The molecule has 2 rings (SSSR count). The smallest absolute Gasteiger partial charge is 0.0406 e. The maximum Gasteiger partial charge on any atom is 0.0406 e. The maximum absolute atomic E-state index is 5.90. The monoisotopic (exact) mass is 252 g/mol. The molecule has 1 aliphatic rings. The van der Waals surface area contributed by atoms with E-state index in [0.29, 0.717) is 6.04 Å². The zero-order valence-electron chi connectivity index (χ0n) is 10.7. The van der Waals surface area contributed by atoms with E-state index in [1.54, 1.807) is 0 Å². The van der Waals surface area contributed by atoms with Crippen molar-refractivity contribution >= 4 is 11.6 Å². The van der Waals surface area contributed by atoms with Gasteiger partial charge in [-0.25, -0.2) is 0 Å². The van der Waals surface area contributed by atoms with Gasteiger partial charge in [-0.3, -0.25) is 4.90 Å². The van der Waals surface area contributed by atoms with Gasteiger partial charge in [0.1, 0.15) is 0 Å². The van der Waals surface area contributed by atoms with Crippen molar-refractivity contribution in [2.75, 3.05) is 33.2 Å². The standard InChI is InChI=1S/C14H21ClN2/c1-12(17-9-7-16(2)8-10-17)11-13-3-5-14(15)6-4-13/h3-6,12H,7-11H2,1-2H3. The summed E-state index contributed by atoms with van der Waals surface area (Å²) in [7, 11) is 2.20. The van der Waals surface area contributed by atoms with Crippen molar-refractivity contribution in [1.29, 1.82) is 0 Å². The molecule has 0 radical (unpaired) electrons. The first kappa shape index (κ1) is 12.9. The fourth-order valence-electron chi connectivity index (χ4n) is 2.35. The Morgan fingerprint density at radius 3 is 2.29 bits per heavy atom. The van der Waals surface area contributed by atoms with Gasteiger partial charge < -0.3 is 4.90 Å². The molecule has 1 fully saturated rings. The lowest BCUT2D eigenvalue weighted by Crippen LogP contribution is -2.48. The van der Waals surface area contributed by atoms with E-state index >= 15 is 0 Å². The Morgan fingerprint density at radius 1 is 1.12 bits per heavy atom. The summed E-state index contributed by atoms with van der Waals surface area (Å²) in [5.74, 6) is 0. The van der Waals surface area contributed by atoms with E-state index in [-0.39, 0.29) is 0 Å². The van der Waals surface area contributed by atoms with Gasteiger partial charge >= 0.3 is 0 Å². The second-order valence-electron chi connectivity index (χ2n) is 5.02. The Balaban J connectivity index is 1.88. The number of nitrogens with zero attached hydrogens (tertiary/aromatic N) is 2. The molecule has 0 aromatic heterocycles. The van der Waals surface area contributed by atoms with Crippen molar-refractivity contribution in [2.45, 2.75) is 19.4 Å². The molecule has 1 aromatic rings. The fourth-order valence-corrected chi connectivity index (χ4v) is 2.48. The third-order valence-electron chi connectivity index (χ3n) is 3.61. The van der Waals surface area contributed by atoms with E-state index < -0.39 is 0 Å². The Bertz CT molecular complexity index is 342. The minimum Gasteiger partial charge on any atom is -0.304 e. The Hall–Kier alpha value is -0.570. The number of hydrogen-bond acceptors (Lipinski definition) is 2. The summed E-state index contributed by atoms with van der Waals surface area (Å²) in [6.07, 6.45) is 1.11. The third kappa shape index (κ3) is 3.70. The third-order valence-corrected chi connectivity index (χ3v) is 3.86. The molecule has 1 aliphatic heterocycles. The van der Waals surface area contributed by atoms with Gasteiger partial charge in [0.2, 0.25) is 0 Å².